The fourth-order valence-electron chi connectivity index (χ4n) is 2.16. The van der Waals surface area contributed by atoms with E-state index in [-0.39, 0.29) is 17.9 Å². The van der Waals surface area contributed by atoms with Crippen molar-refractivity contribution in [3.63, 3.8) is 0 Å². The monoisotopic (exact) mass is 274 g/mol. The van der Waals surface area contributed by atoms with E-state index in [0.29, 0.717) is 16.9 Å². The summed E-state index contributed by atoms with van der Waals surface area (Å²) in [5, 5.41) is 12.0. The molecule has 106 valence electrons. The number of aromatic amines is 1. The molecule has 0 amide bonds. The molecule has 0 aliphatic heterocycles. The van der Waals surface area contributed by atoms with Gasteiger partial charge in [-0.25, -0.2) is 4.68 Å². The number of H-pyrrole nitrogens is 1. The number of aryl methyl sites for hydroxylation is 1. The molecule has 1 aromatic carbocycles. The predicted octanol–water partition coefficient (Wildman–Crippen LogP) is 2.22. The van der Waals surface area contributed by atoms with Gasteiger partial charge in [-0.05, 0) is 25.0 Å². The van der Waals surface area contributed by atoms with Crippen LogP contribution in [-0.2, 0) is 11.2 Å². The van der Waals surface area contributed by atoms with Crippen molar-refractivity contribution in [1.29, 1.82) is 0 Å². The number of carbonyl (C=O) groups is 1. The third-order valence-corrected chi connectivity index (χ3v) is 3.22. The molecule has 0 aliphatic rings. The van der Waals surface area contributed by atoms with Crippen LogP contribution in [0.5, 0.6) is 0 Å². The largest absolute Gasteiger partial charge is 0.481 e. The number of nitrogens with zero attached hydrogens (tertiary/aromatic N) is 1. The van der Waals surface area contributed by atoms with Gasteiger partial charge in [0.05, 0.1) is 17.7 Å². The van der Waals surface area contributed by atoms with Gasteiger partial charge in [0.25, 0.3) is 5.56 Å². The molecule has 0 saturated heterocycles. The number of hydrogen-bond donors (Lipinski definition) is 2. The van der Waals surface area contributed by atoms with Crippen LogP contribution in [0.4, 0.5) is 0 Å². The zero-order valence-electron chi connectivity index (χ0n) is 11.8. The van der Waals surface area contributed by atoms with Crippen molar-refractivity contribution < 1.29 is 9.90 Å². The van der Waals surface area contributed by atoms with Crippen LogP contribution >= 0.6 is 0 Å². The van der Waals surface area contributed by atoms with Crippen molar-refractivity contribution in [2.45, 2.75) is 33.1 Å². The fourth-order valence-corrected chi connectivity index (χ4v) is 2.16. The summed E-state index contributed by atoms with van der Waals surface area (Å²) in [6, 6.07) is 7.49. The topological polar surface area (TPSA) is 75.1 Å². The Labute approximate surface area is 116 Å². The van der Waals surface area contributed by atoms with Crippen LogP contribution in [0.25, 0.3) is 5.69 Å². The number of rotatable bonds is 4. The minimum absolute atomic E-state index is 0.0590. The van der Waals surface area contributed by atoms with Crippen molar-refractivity contribution in [2.24, 2.45) is 0 Å². The molecule has 0 saturated carbocycles. The lowest BCUT2D eigenvalue weighted by molar-refractivity contribution is -0.136. The van der Waals surface area contributed by atoms with Gasteiger partial charge < -0.3 is 5.11 Å². The summed E-state index contributed by atoms with van der Waals surface area (Å²) in [7, 11) is 0. The number of carboxylic acid groups (broad SMARTS) is 1. The summed E-state index contributed by atoms with van der Waals surface area (Å²) < 4.78 is 1.41. The Morgan fingerprint density at radius 1 is 1.30 bits per heavy atom. The predicted molar refractivity (Wildman–Crippen MR) is 76.6 cm³/mol. The molecular formula is C15H18N2O3. The SMILES string of the molecule is Cc1ccc(-n2[nH]c(C(C)C)c(CC(=O)O)c2=O)cc1. The standard InChI is InChI=1S/C15H18N2O3/c1-9(2)14-12(8-13(18)19)15(20)17(16-14)11-6-4-10(3)5-7-11/h4-7,9,16H,8H2,1-3H3,(H,18,19). The van der Waals surface area contributed by atoms with Crippen molar-refractivity contribution in [3.05, 3.63) is 51.4 Å². The second-order valence-electron chi connectivity index (χ2n) is 5.21. The molecule has 2 N–H and O–H groups in total. The van der Waals surface area contributed by atoms with Gasteiger partial charge in [-0.3, -0.25) is 14.7 Å². The Morgan fingerprint density at radius 3 is 2.40 bits per heavy atom. The van der Waals surface area contributed by atoms with Crippen LogP contribution < -0.4 is 5.56 Å². The van der Waals surface area contributed by atoms with Gasteiger partial charge in [0.15, 0.2) is 0 Å². The molecular weight excluding hydrogens is 256 g/mol. The van der Waals surface area contributed by atoms with Crippen LogP contribution in [-0.4, -0.2) is 20.9 Å². The highest BCUT2D eigenvalue weighted by atomic mass is 16.4. The van der Waals surface area contributed by atoms with E-state index in [1.807, 2.05) is 45.0 Å². The third kappa shape index (κ3) is 2.66. The number of carboxylic acids is 1. The second-order valence-corrected chi connectivity index (χ2v) is 5.21. The number of aromatic nitrogens is 2. The molecule has 0 aliphatic carbocycles. The molecule has 1 aromatic heterocycles. The number of benzene rings is 1. The molecule has 20 heavy (non-hydrogen) atoms. The average Bonchev–Trinajstić information content (AvgIpc) is 2.68. The van der Waals surface area contributed by atoms with Crippen molar-refractivity contribution in [1.82, 2.24) is 9.78 Å². The molecule has 0 radical (unpaired) electrons. The highest BCUT2D eigenvalue weighted by molar-refractivity contribution is 5.70. The fraction of sp³-hybridized carbons (Fsp3) is 0.333. The molecule has 0 fully saturated rings. The molecule has 2 rings (SSSR count). The van der Waals surface area contributed by atoms with Crippen LogP contribution in [0.1, 0.15) is 36.6 Å². The van der Waals surface area contributed by atoms with Gasteiger partial charge in [-0.1, -0.05) is 31.5 Å². The first-order chi connectivity index (χ1) is 9.40. The van der Waals surface area contributed by atoms with E-state index in [1.165, 1.54) is 4.68 Å². The lowest BCUT2D eigenvalue weighted by Gasteiger charge is -2.04. The quantitative estimate of drug-likeness (QED) is 0.897. The first-order valence-corrected chi connectivity index (χ1v) is 6.52. The van der Waals surface area contributed by atoms with Crippen LogP contribution in [0.2, 0.25) is 0 Å². The van der Waals surface area contributed by atoms with Gasteiger partial charge in [-0.2, -0.15) is 0 Å². The highest BCUT2D eigenvalue weighted by Gasteiger charge is 2.19. The maximum atomic E-state index is 12.4. The average molecular weight is 274 g/mol. The summed E-state index contributed by atoms with van der Waals surface area (Å²) in [5.74, 6) is -0.942. The zero-order valence-corrected chi connectivity index (χ0v) is 11.8. The minimum atomic E-state index is -1.00. The normalized spacial score (nSPS) is 11.0. The first-order valence-electron chi connectivity index (χ1n) is 6.52. The summed E-state index contributed by atoms with van der Waals surface area (Å²) in [5.41, 5.74) is 2.52. The molecule has 0 bridgehead atoms. The van der Waals surface area contributed by atoms with Crippen molar-refractivity contribution in [3.8, 4) is 5.69 Å². The van der Waals surface area contributed by atoms with Crippen molar-refractivity contribution in [2.75, 3.05) is 0 Å². The van der Waals surface area contributed by atoms with E-state index in [0.717, 1.165) is 5.56 Å². The molecule has 1 heterocycles. The van der Waals surface area contributed by atoms with Gasteiger partial charge in [0.1, 0.15) is 0 Å². The summed E-state index contributed by atoms with van der Waals surface area (Å²) in [6.45, 7) is 5.82. The second kappa shape index (κ2) is 5.36. The van der Waals surface area contributed by atoms with Gasteiger partial charge in [-0.15, -0.1) is 0 Å². The van der Waals surface area contributed by atoms with E-state index >= 15 is 0 Å². The Kier molecular flexibility index (Phi) is 3.79. The third-order valence-electron chi connectivity index (χ3n) is 3.22. The van der Waals surface area contributed by atoms with Gasteiger partial charge in [0.2, 0.25) is 0 Å². The zero-order chi connectivity index (χ0) is 14.9. The van der Waals surface area contributed by atoms with Crippen LogP contribution in [0.3, 0.4) is 0 Å². The smallest absolute Gasteiger partial charge is 0.308 e. The van der Waals surface area contributed by atoms with Gasteiger partial charge >= 0.3 is 5.97 Å². The van der Waals surface area contributed by atoms with Crippen LogP contribution in [0, 0.1) is 6.92 Å². The lowest BCUT2D eigenvalue weighted by Crippen LogP contribution is -2.19. The first kappa shape index (κ1) is 14.1. The Bertz CT molecular complexity index is 678. The number of nitrogens with one attached hydrogen (secondary N) is 1. The van der Waals surface area contributed by atoms with E-state index in [1.54, 1.807) is 0 Å². The maximum Gasteiger partial charge on any atom is 0.308 e. The molecule has 5 heteroatoms. The minimum Gasteiger partial charge on any atom is -0.481 e. The summed E-state index contributed by atoms with van der Waals surface area (Å²) in [4.78, 5) is 23.3. The lowest BCUT2D eigenvalue weighted by atomic mass is 10.0. The van der Waals surface area contributed by atoms with E-state index in [2.05, 4.69) is 5.10 Å². The molecule has 0 unspecified atom stereocenters. The van der Waals surface area contributed by atoms with E-state index in [9.17, 15) is 9.59 Å². The highest BCUT2D eigenvalue weighted by Crippen LogP contribution is 2.17. The molecule has 2 aromatic rings. The van der Waals surface area contributed by atoms with Crippen molar-refractivity contribution >= 4 is 5.97 Å². The number of aliphatic carboxylic acids is 1. The van der Waals surface area contributed by atoms with Gasteiger partial charge in [0, 0.05) is 5.69 Å². The molecule has 5 nitrogen and oxygen atoms in total. The Morgan fingerprint density at radius 2 is 1.90 bits per heavy atom. The summed E-state index contributed by atoms with van der Waals surface area (Å²) >= 11 is 0. The van der Waals surface area contributed by atoms with Crippen LogP contribution in [0.15, 0.2) is 29.1 Å². The Balaban J connectivity index is 2.58. The molecule has 0 atom stereocenters. The van der Waals surface area contributed by atoms with E-state index < -0.39 is 5.97 Å². The summed E-state index contributed by atoms with van der Waals surface area (Å²) in [6.07, 6.45) is -0.262. The molecule has 0 spiro atoms. The Hall–Kier alpha value is -2.30. The maximum absolute atomic E-state index is 12.4. The number of hydrogen-bond acceptors (Lipinski definition) is 2. The van der Waals surface area contributed by atoms with E-state index in [4.69, 9.17) is 5.11 Å².